The zero-order chi connectivity index (χ0) is 13.8. The molecule has 2 aromatic rings. The van der Waals surface area contributed by atoms with Crippen LogP contribution in [0.15, 0.2) is 29.1 Å². The Morgan fingerprint density at radius 1 is 1.32 bits per heavy atom. The predicted molar refractivity (Wildman–Crippen MR) is 73.0 cm³/mol. The molecule has 0 saturated heterocycles. The Morgan fingerprint density at radius 2 is 2.00 bits per heavy atom. The van der Waals surface area contributed by atoms with Crippen molar-refractivity contribution in [3.63, 3.8) is 0 Å². The molecule has 1 heterocycles. The van der Waals surface area contributed by atoms with Gasteiger partial charge in [-0.2, -0.15) is 0 Å². The molecule has 1 aromatic carbocycles. The van der Waals surface area contributed by atoms with E-state index in [4.69, 9.17) is 10.5 Å². The number of nitrogens with two attached hydrogens (primary N) is 1. The summed E-state index contributed by atoms with van der Waals surface area (Å²) in [5.41, 5.74) is 7.94. The maximum atomic E-state index is 11.4. The van der Waals surface area contributed by atoms with E-state index in [1.54, 1.807) is 0 Å². The molecular formula is C14H17N3O2. The van der Waals surface area contributed by atoms with Gasteiger partial charge in [0.25, 0.3) is 5.56 Å². The standard InChI is InChI=1S/C14H17N3O2/c1-9-4-3-5-10(2)14(9)19-8-12-16-11(7-15)6-13(18)17-12/h3-6H,7-8,15H2,1-2H3,(H,16,17,18). The van der Waals surface area contributed by atoms with E-state index < -0.39 is 0 Å². The number of nitrogens with one attached hydrogen (secondary N) is 1. The lowest BCUT2D eigenvalue weighted by atomic mass is 10.1. The van der Waals surface area contributed by atoms with Gasteiger partial charge < -0.3 is 15.5 Å². The van der Waals surface area contributed by atoms with Crippen molar-refractivity contribution < 1.29 is 4.74 Å². The van der Waals surface area contributed by atoms with Gasteiger partial charge in [0.2, 0.25) is 0 Å². The summed E-state index contributed by atoms with van der Waals surface area (Å²) >= 11 is 0. The van der Waals surface area contributed by atoms with Crippen molar-refractivity contribution in [2.45, 2.75) is 27.0 Å². The molecular weight excluding hydrogens is 242 g/mol. The second-order valence-corrected chi connectivity index (χ2v) is 4.40. The third kappa shape index (κ3) is 3.20. The summed E-state index contributed by atoms with van der Waals surface area (Å²) in [6.07, 6.45) is 0. The van der Waals surface area contributed by atoms with Crippen LogP contribution in [0.4, 0.5) is 0 Å². The number of aromatic amines is 1. The number of hydrogen-bond donors (Lipinski definition) is 2. The molecule has 0 radical (unpaired) electrons. The molecule has 0 saturated carbocycles. The number of aryl methyl sites for hydroxylation is 2. The van der Waals surface area contributed by atoms with Gasteiger partial charge in [0.1, 0.15) is 18.2 Å². The Bertz CT molecular complexity index is 615. The summed E-state index contributed by atoms with van der Waals surface area (Å²) < 4.78 is 5.73. The first kappa shape index (κ1) is 13.3. The maximum absolute atomic E-state index is 11.4. The van der Waals surface area contributed by atoms with Crippen LogP contribution in [-0.4, -0.2) is 9.97 Å². The third-order valence-electron chi connectivity index (χ3n) is 2.81. The molecule has 5 heteroatoms. The van der Waals surface area contributed by atoms with Crippen LogP contribution in [-0.2, 0) is 13.2 Å². The molecule has 0 fully saturated rings. The highest BCUT2D eigenvalue weighted by Crippen LogP contribution is 2.22. The van der Waals surface area contributed by atoms with Gasteiger partial charge in [-0.3, -0.25) is 4.79 Å². The van der Waals surface area contributed by atoms with Crippen LogP contribution in [0.5, 0.6) is 5.75 Å². The van der Waals surface area contributed by atoms with Gasteiger partial charge in [-0.05, 0) is 25.0 Å². The molecule has 0 spiro atoms. The molecule has 2 rings (SSSR count). The van der Waals surface area contributed by atoms with E-state index in [-0.39, 0.29) is 18.7 Å². The summed E-state index contributed by atoms with van der Waals surface area (Å²) in [4.78, 5) is 18.3. The fourth-order valence-corrected chi connectivity index (χ4v) is 1.90. The number of hydrogen-bond acceptors (Lipinski definition) is 4. The normalized spacial score (nSPS) is 10.5. The average Bonchev–Trinajstić information content (AvgIpc) is 2.37. The zero-order valence-electron chi connectivity index (χ0n) is 11.1. The van der Waals surface area contributed by atoms with Crippen LogP contribution in [0.3, 0.4) is 0 Å². The highest BCUT2D eigenvalue weighted by atomic mass is 16.5. The monoisotopic (exact) mass is 259 g/mol. The summed E-state index contributed by atoms with van der Waals surface area (Å²) in [5.74, 6) is 1.30. The van der Waals surface area contributed by atoms with Gasteiger partial charge >= 0.3 is 0 Å². The first-order valence-electron chi connectivity index (χ1n) is 6.08. The van der Waals surface area contributed by atoms with Crippen LogP contribution in [0.1, 0.15) is 22.6 Å². The van der Waals surface area contributed by atoms with Gasteiger partial charge in [0, 0.05) is 12.6 Å². The topological polar surface area (TPSA) is 81.0 Å². The molecule has 1 aromatic heterocycles. The zero-order valence-corrected chi connectivity index (χ0v) is 11.1. The Hall–Kier alpha value is -2.14. The molecule has 5 nitrogen and oxygen atoms in total. The second-order valence-electron chi connectivity index (χ2n) is 4.40. The number of H-pyrrole nitrogens is 1. The third-order valence-corrected chi connectivity index (χ3v) is 2.81. The molecule has 0 atom stereocenters. The van der Waals surface area contributed by atoms with Gasteiger partial charge in [0.15, 0.2) is 0 Å². The maximum Gasteiger partial charge on any atom is 0.251 e. The lowest BCUT2D eigenvalue weighted by Gasteiger charge is -2.11. The van der Waals surface area contributed by atoms with E-state index in [9.17, 15) is 4.79 Å². The number of para-hydroxylation sites is 1. The first-order chi connectivity index (χ1) is 9.10. The minimum absolute atomic E-state index is 0.212. The smallest absolute Gasteiger partial charge is 0.251 e. The Balaban J connectivity index is 2.19. The SMILES string of the molecule is Cc1cccc(C)c1OCc1nc(CN)cc(=O)[nH]1. The number of ether oxygens (including phenoxy) is 1. The van der Waals surface area contributed by atoms with Crippen molar-refractivity contribution >= 4 is 0 Å². The van der Waals surface area contributed by atoms with Crippen molar-refractivity contribution in [2.75, 3.05) is 0 Å². The van der Waals surface area contributed by atoms with Crippen LogP contribution in [0.25, 0.3) is 0 Å². The van der Waals surface area contributed by atoms with E-state index in [1.807, 2.05) is 32.0 Å². The van der Waals surface area contributed by atoms with Gasteiger partial charge in [0.05, 0.1) is 5.69 Å². The van der Waals surface area contributed by atoms with Crippen molar-refractivity contribution in [3.05, 3.63) is 57.3 Å². The Morgan fingerprint density at radius 3 is 2.63 bits per heavy atom. The molecule has 0 unspecified atom stereocenters. The minimum Gasteiger partial charge on any atom is -0.485 e. The number of benzene rings is 1. The van der Waals surface area contributed by atoms with E-state index >= 15 is 0 Å². The van der Waals surface area contributed by atoms with Gasteiger partial charge in [-0.1, -0.05) is 18.2 Å². The van der Waals surface area contributed by atoms with Gasteiger partial charge in [-0.15, -0.1) is 0 Å². The highest BCUT2D eigenvalue weighted by molar-refractivity contribution is 5.39. The second kappa shape index (κ2) is 5.67. The van der Waals surface area contributed by atoms with Crippen molar-refractivity contribution in [2.24, 2.45) is 5.73 Å². The quantitative estimate of drug-likeness (QED) is 0.870. The summed E-state index contributed by atoms with van der Waals surface area (Å²) in [5, 5.41) is 0. The highest BCUT2D eigenvalue weighted by Gasteiger charge is 2.05. The summed E-state index contributed by atoms with van der Waals surface area (Å²) in [6.45, 7) is 4.42. The van der Waals surface area contributed by atoms with E-state index in [0.29, 0.717) is 11.5 Å². The fraction of sp³-hybridized carbons (Fsp3) is 0.286. The summed E-state index contributed by atoms with van der Waals surface area (Å²) in [6, 6.07) is 7.33. The number of aromatic nitrogens is 2. The first-order valence-corrected chi connectivity index (χ1v) is 6.08. The fourth-order valence-electron chi connectivity index (χ4n) is 1.90. The molecule has 0 amide bonds. The molecule has 100 valence electrons. The number of rotatable bonds is 4. The molecule has 0 aliphatic heterocycles. The minimum atomic E-state index is -0.212. The van der Waals surface area contributed by atoms with Gasteiger partial charge in [-0.25, -0.2) is 4.98 Å². The van der Waals surface area contributed by atoms with E-state index in [0.717, 1.165) is 16.9 Å². The van der Waals surface area contributed by atoms with Crippen molar-refractivity contribution in [1.82, 2.24) is 9.97 Å². The van der Waals surface area contributed by atoms with Crippen LogP contribution in [0.2, 0.25) is 0 Å². The van der Waals surface area contributed by atoms with Crippen molar-refractivity contribution in [1.29, 1.82) is 0 Å². The molecule has 3 N–H and O–H groups in total. The summed E-state index contributed by atoms with van der Waals surface area (Å²) in [7, 11) is 0. The lowest BCUT2D eigenvalue weighted by molar-refractivity contribution is 0.291. The molecule has 19 heavy (non-hydrogen) atoms. The average molecular weight is 259 g/mol. The molecule has 0 bridgehead atoms. The number of nitrogens with zero attached hydrogens (tertiary/aromatic N) is 1. The van der Waals surface area contributed by atoms with E-state index in [2.05, 4.69) is 9.97 Å². The largest absolute Gasteiger partial charge is 0.485 e. The van der Waals surface area contributed by atoms with Crippen LogP contribution in [0, 0.1) is 13.8 Å². The molecule has 0 aliphatic rings. The lowest BCUT2D eigenvalue weighted by Crippen LogP contribution is -2.16. The molecule has 0 aliphatic carbocycles. The predicted octanol–water partition coefficient (Wildman–Crippen LogP) is 1.42. The Labute approximate surface area is 111 Å². The van der Waals surface area contributed by atoms with E-state index in [1.165, 1.54) is 6.07 Å². The Kier molecular flexibility index (Phi) is 3.97. The van der Waals surface area contributed by atoms with Crippen LogP contribution >= 0.6 is 0 Å². The van der Waals surface area contributed by atoms with Crippen LogP contribution < -0.4 is 16.0 Å². The van der Waals surface area contributed by atoms with Crippen molar-refractivity contribution in [3.8, 4) is 5.75 Å².